The number of nitro groups is 1. The monoisotopic (exact) mass is 537 g/mol. The van der Waals surface area contributed by atoms with Crippen molar-refractivity contribution in [1.82, 2.24) is 4.98 Å². The van der Waals surface area contributed by atoms with E-state index in [1.807, 2.05) is 43.3 Å². The van der Waals surface area contributed by atoms with Crippen LogP contribution in [0.3, 0.4) is 0 Å². The summed E-state index contributed by atoms with van der Waals surface area (Å²) in [6.07, 6.45) is 4.11. The lowest BCUT2D eigenvalue weighted by molar-refractivity contribution is -0.384. The highest BCUT2D eigenvalue weighted by Gasteiger charge is 2.26. The maximum absolute atomic E-state index is 13.5. The van der Waals surface area contributed by atoms with Crippen molar-refractivity contribution in [2.45, 2.75) is 26.2 Å². The number of rotatable bonds is 8. The van der Waals surface area contributed by atoms with E-state index in [1.165, 1.54) is 12.1 Å². The average Bonchev–Trinajstić information content (AvgIpc) is 2.96. The molecule has 0 saturated carbocycles. The predicted octanol–water partition coefficient (Wildman–Crippen LogP) is 6.21. The molecule has 1 N–H and O–H groups in total. The van der Waals surface area contributed by atoms with E-state index < -0.39 is 23.4 Å². The Morgan fingerprint density at radius 2 is 1.77 bits per heavy atom. The molecule has 0 atom stereocenters. The third-order valence-electron chi connectivity index (χ3n) is 6.61. The molecule has 1 aliphatic rings. The number of aromatic nitrogens is 1. The van der Waals surface area contributed by atoms with Gasteiger partial charge in [0.1, 0.15) is 5.75 Å². The number of pyridine rings is 1. The minimum Gasteiger partial charge on any atom is -0.492 e. The van der Waals surface area contributed by atoms with Crippen LogP contribution in [0.1, 0.15) is 46.9 Å². The molecule has 3 aromatic carbocycles. The molecule has 0 fully saturated rings. The molecule has 0 unspecified atom stereocenters. The van der Waals surface area contributed by atoms with Crippen LogP contribution in [-0.2, 0) is 16.0 Å². The number of anilines is 1. The Balaban J connectivity index is 1.43. The van der Waals surface area contributed by atoms with E-state index in [0.29, 0.717) is 46.6 Å². The minimum atomic E-state index is -0.598. The van der Waals surface area contributed by atoms with Gasteiger partial charge >= 0.3 is 5.97 Å². The average molecular weight is 538 g/mol. The highest BCUT2D eigenvalue weighted by Crippen LogP contribution is 2.36. The van der Waals surface area contributed by atoms with Gasteiger partial charge in [0.2, 0.25) is 0 Å². The molecule has 1 amide bonds. The molecule has 5 rings (SSSR count). The number of non-ortho nitro benzene ring substituents is 1. The first-order valence-electron chi connectivity index (χ1n) is 13.0. The Morgan fingerprint density at radius 3 is 2.55 bits per heavy atom. The number of carbonyl (C=O) groups excluding carboxylic acids is 2. The van der Waals surface area contributed by atoms with Gasteiger partial charge in [0.15, 0.2) is 6.61 Å². The van der Waals surface area contributed by atoms with E-state index in [-0.39, 0.29) is 5.69 Å². The van der Waals surface area contributed by atoms with E-state index in [2.05, 4.69) is 5.32 Å². The number of esters is 1. The number of ether oxygens (including phenoxy) is 2. The SMILES string of the molecule is CCOc1ccccc1NC(=O)COC(=O)c1c2c(nc3ccccc13)/C(=C\c1ccc([N+](=O)[O-])cc1)CCC2. The fraction of sp³-hybridized carbons (Fsp3) is 0.194. The Hall–Kier alpha value is -5.05. The van der Waals surface area contributed by atoms with Crippen molar-refractivity contribution < 1.29 is 24.0 Å². The van der Waals surface area contributed by atoms with Crippen LogP contribution in [0.5, 0.6) is 5.75 Å². The molecule has 4 aromatic rings. The zero-order chi connectivity index (χ0) is 28.1. The van der Waals surface area contributed by atoms with Crippen molar-refractivity contribution in [3.63, 3.8) is 0 Å². The van der Waals surface area contributed by atoms with Gasteiger partial charge in [-0.25, -0.2) is 9.78 Å². The van der Waals surface area contributed by atoms with Crippen LogP contribution in [0, 0.1) is 10.1 Å². The maximum atomic E-state index is 13.5. The summed E-state index contributed by atoms with van der Waals surface area (Å²) in [5.74, 6) is -0.544. The highest BCUT2D eigenvalue weighted by molar-refractivity contribution is 6.07. The van der Waals surface area contributed by atoms with Crippen molar-refractivity contribution in [1.29, 1.82) is 0 Å². The van der Waals surface area contributed by atoms with E-state index in [4.69, 9.17) is 14.5 Å². The van der Waals surface area contributed by atoms with Crippen LogP contribution < -0.4 is 10.1 Å². The molecular formula is C31H27N3O6. The first-order chi connectivity index (χ1) is 19.4. The standard InChI is InChI=1S/C31H27N3O6/c1-2-39-27-13-6-5-12-26(27)32-28(35)19-40-31(36)29-23-9-3-4-11-25(23)33-30-21(8-7-10-24(29)30)18-20-14-16-22(17-15-20)34(37)38/h3-6,9,11-18H,2,7-8,10,19H2,1H3,(H,32,35)/b21-18-. The van der Waals surface area contributed by atoms with E-state index in [9.17, 15) is 19.7 Å². The van der Waals surface area contributed by atoms with Crippen molar-refractivity contribution in [3.8, 4) is 5.75 Å². The number of hydrogen-bond donors (Lipinski definition) is 1. The van der Waals surface area contributed by atoms with Gasteiger partial charge in [-0.15, -0.1) is 0 Å². The molecule has 0 radical (unpaired) electrons. The largest absolute Gasteiger partial charge is 0.492 e. The normalized spacial score (nSPS) is 13.5. The summed E-state index contributed by atoms with van der Waals surface area (Å²) in [7, 11) is 0. The fourth-order valence-corrected chi connectivity index (χ4v) is 4.84. The molecule has 1 aromatic heterocycles. The van der Waals surface area contributed by atoms with Gasteiger partial charge in [0.25, 0.3) is 11.6 Å². The molecule has 202 valence electrons. The van der Waals surface area contributed by atoms with Crippen LogP contribution in [-0.4, -0.2) is 35.0 Å². The third-order valence-corrected chi connectivity index (χ3v) is 6.61. The second kappa shape index (κ2) is 11.8. The van der Waals surface area contributed by atoms with Gasteiger partial charge in [-0.05, 0) is 79.3 Å². The first-order valence-corrected chi connectivity index (χ1v) is 13.0. The van der Waals surface area contributed by atoms with Crippen molar-refractivity contribution in [2.24, 2.45) is 0 Å². The third kappa shape index (κ3) is 5.68. The van der Waals surface area contributed by atoms with Crippen LogP contribution in [0.15, 0.2) is 72.8 Å². The van der Waals surface area contributed by atoms with E-state index >= 15 is 0 Å². The molecule has 1 heterocycles. The summed E-state index contributed by atoms with van der Waals surface area (Å²) in [6.45, 7) is 1.84. The molecule has 0 aliphatic heterocycles. The molecule has 1 aliphatic carbocycles. The van der Waals surface area contributed by atoms with Crippen LogP contribution in [0.25, 0.3) is 22.6 Å². The second-order valence-corrected chi connectivity index (χ2v) is 9.26. The summed E-state index contributed by atoms with van der Waals surface area (Å²) in [6, 6.07) is 20.7. The molecule has 0 saturated heterocycles. The lowest BCUT2D eigenvalue weighted by Crippen LogP contribution is -2.23. The van der Waals surface area contributed by atoms with Crippen LogP contribution >= 0.6 is 0 Å². The zero-order valence-corrected chi connectivity index (χ0v) is 21.9. The number of nitrogens with one attached hydrogen (secondary N) is 1. The summed E-state index contributed by atoms with van der Waals surface area (Å²) in [5.41, 5.74) is 4.76. The second-order valence-electron chi connectivity index (χ2n) is 9.26. The number of benzene rings is 3. The number of fused-ring (bicyclic) bond motifs is 2. The smallest absolute Gasteiger partial charge is 0.339 e. The van der Waals surface area contributed by atoms with Crippen molar-refractivity contribution in [2.75, 3.05) is 18.5 Å². The van der Waals surface area contributed by atoms with Gasteiger partial charge < -0.3 is 14.8 Å². The Bertz CT molecular complexity index is 1630. The summed E-state index contributed by atoms with van der Waals surface area (Å²) >= 11 is 0. The zero-order valence-electron chi connectivity index (χ0n) is 21.9. The summed E-state index contributed by atoms with van der Waals surface area (Å²) < 4.78 is 11.1. The number of hydrogen-bond acceptors (Lipinski definition) is 7. The van der Waals surface area contributed by atoms with Crippen molar-refractivity contribution in [3.05, 3.63) is 105 Å². The van der Waals surface area contributed by atoms with Crippen LogP contribution in [0.2, 0.25) is 0 Å². The van der Waals surface area contributed by atoms with E-state index in [0.717, 1.165) is 29.5 Å². The van der Waals surface area contributed by atoms with E-state index in [1.54, 1.807) is 30.3 Å². The number of allylic oxidation sites excluding steroid dienone is 1. The highest BCUT2D eigenvalue weighted by atomic mass is 16.6. The van der Waals surface area contributed by atoms with Gasteiger partial charge in [0, 0.05) is 17.5 Å². The fourth-order valence-electron chi connectivity index (χ4n) is 4.84. The van der Waals surface area contributed by atoms with Crippen molar-refractivity contribution >= 4 is 45.8 Å². The number of nitrogens with zero attached hydrogens (tertiary/aromatic N) is 2. The number of para-hydroxylation sites is 3. The molecular weight excluding hydrogens is 510 g/mol. The summed E-state index contributed by atoms with van der Waals surface area (Å²) in [4.78, 5) is 41.6. The molecule has 0 bridgehead atoms. The number of carbonyl (C=O) groups is 2. The lowest BCUT2D eigenvalue weighted by Gasteiger charge is -2.22. The Morgan fingerprint density at radius 1 is 1.02 bits per heavy atom. The Kier molecular flexibility index (Phi) is 7.82. The van der Waals surface area contributed by atoms with Gasteiger partial charge in [-0.1, -0.05) is 30.3 Å². The van der Waals surface area contributed by atoms with Gasteiger partial charge in [-0.3, -0.25) is 14.9 Å². The number of amides is 1. The molecule has 0 spiro atoms. The predicted molar refractivity (Wildman–Crippen MR) is 152 cm³/mol. The number of nitro benzene ring substituents is 1. The Labute approximate surface area is 230 Å². The van der Waals surface area contributed by atoms with Gasteiger partial charge in [0.05, 0.1) is 34.0 Å². The molecule has 40 heavy (non-hydrogen) atoms. The first kappa shape index (κ1) is 26.6. The summed E-state index contributed by atoms with van der Waals surface area (Å²) in [5, 5.41) is 14.4. The molecule has 9 nitrogen and oxygen atoms in total. The van der Waals surface area contributed by atoms with Gasteiger partial charge in [-0.2, -0.15) is 0 Å². The minimum absolute atomic E-state index is 0.0192. The maximum Gasteiger partial charge on any atom is 0.339 e. The topological polar surface area (TPSA) is 121 Å². The van der Waals surface area contributed by atoms with Crippen LogP contribution in [0.4, 0.5) is 11.4 Å². The molecule has 9 heteroatoms. The lowest BCUT2D eigenvalue weighted by atomic mass is 9.86. The quantitative estimate of drug-likeness (QED) is 0.161.